The number of rotatable bonds is 6. The predicted octanol–water partition coefficient (Wildman–Crippen LogP) is 2.76. The van der Waals surface area contributed by atoms with Crippen molar-refractivity contribution < 1.29 is 12.6 Å². The van der Waals surface area contributed by atoms with Crippen molar-refractivity contribution in [2.75, 3.05) is 18.6 Å². The molecule has 0 aromatic heterocycles. The summed E-state index contributed by atoms with van der Waals surface area (Å²) >= 11 is 1.68. The highest BCUT2D eigenvalue weighted by molar-refractivity contribution is 7.98. The number of hydrogen-bond donors (Lipinski definition) is 0. The van der Waals surface area contributed by atoms with Gasteiger partial charge in [0.05, 0.1) is 11.5 Å². The topological polar surface area (TPSA) is 43.4 Å². The van der Waals surface area contributed by atoms with E-state index in [4.69, 9.17) is 4.18 Å². The maximum atomic E-state index is 11.8. The molecule has 5 heteroatoms. The molecule has 0 atom stereocenters. The van der Waals surface area contributed by atoms with Gasteiger partial charge in [-0.1, -0.05) is 6.07 Å². The van der Waals surface area contributed by atoms with E-state index in [0.717, 1.165) is 23.3 Å². The molecule has 3 nitrogen and oxygen atoms in total. The summed E-state index contributed by atoms with van der Waals surface area (Å²) in [6, 6.07) is 5.04. The quantitative estimate of drug-likeness (QED) is 0.591. The van der Waals surface area contributed by atoms with Crippen LogP contribution in [0.15, 0.2) is 23.1 Å². The molecule has 0 aliphatic carbocycles. The Bertz CT molecular complexity index is 467. The molecule has 0 spiro atoms. The molecule has 0 amide bonds. The second kappa shape index (κ2) is 6.42. The Balaban J connectivity index is 2.72. The SMILES string of the molecule is CSCCCOS(=O)(=O)c1ccc(C)c(C)c1. The van der Waals surface area contributed by atoms with Crippen molar-refractivity contribution in [1.29, 1.82) is 0 Å². The molecule has 0 heterocycles. The van der Waals surface area contributed by atoms with E-state index >= 15 is 0 Å². The monoisotopic (exact) mass is 274 g/mol. The van der Waals surface area contributed by atoms with Crippen LogP contribution in [-0.4, -0.2) is 27.0 Å². The molecule has 0 saturated heterocycles. The third-order valence-corrected chi connectivity index (χ3v) is 4.50. The third-order valence-electron chi connectivity index (χ3n) is 2.50. The van der Waals surface area contributed by atoms with Gasteiger partial charge >= 0.3 is 0 Å². The molecular formula is C12H18O3S2. The summed E-state index contributed by atoms with van der Waals surface area (Å²) in [4.78, 5) is 0.241. The van der Waals surface area contributed by atoms with E-state index in [-0.39, 0.29) is 11.5 Å². The van der Waals surface area contributed by atoms with Gasteiger partial charge in [0.1, 0.15) is 0 Å². The Labute approximate surface area is 108 Å². The Morgan fingerprint density at radius 3 is 2.53 bits per heavy atom. The van der Waals surface area contributed by atoms with Crippen molar-refractivity contribution in [1.82, 2.24) is 0 Å². The largest absolute Gasteiger partial charge is 0.296 e. The van der Waals surface area contributed by atoms with Crippen LogP contribution in [0.4, 0.5) is 0 Å². The minimum absolute atomic E-state index is 0.241. The van der Waals surface area contributed by atoms with Crippen LogP contribution in [0.25, 0.3) is 0 Å². The van der Waals surface area contributed by atoms with Gasteiger partial charge in [-0.25, -0.2) is 0 Å². The van der Waals surface area contributed by atoms with Crippen molar-refractivity contribution in [3.8, 4) is 0 Å². The Morgan fingerprint density at radius 1 is 1.24 bits per heavy atom. The van der Waals surface area contributed by atoms with Gasteiger partial charge in [0.15, 0.2) is 0 Å². The van der Waals surface area contributed by atoms with Crippen molar-refractivity contribution in [2.45, 2.75) is 25.2 Å². The van der Waals surface area contributed by atoms with Crippen LogP contribution in [0.5, 0.6) is 0 Å². The summed E-state index contributed by atoms with van der Waals surface area (Å²) < 4.78 is 28.6. The molecular weight excluding hydrogens is 256 g/mol. The standard InChI is InChI=1S/C12H18O3S2/c1-10-5-6-12(9-11(10)2)17(13,14)15-7-4-8-16-3/h5-6,9H,4,7-8H2,1-3H3. The lowest BCUT2D eigenvalue weighted by molar-refractivity contribution is 0.319. The first-order chi connectivity index (χ1) is 7.97. The summed E-state index contributed by atoms with van der Waals surface area (Å²) in [6.45, 7) is 4.09. The summed E-state index contributed by atoms with van der Waals surface area (Å²) in [5, 5.41) is 0. The van der Waals surface area contributed by atoms with E-state index in [1.54, 1.807) is 30.0 Å². The van der Waals surface area contributed by atoms with Gasteiger partial charge < -0.3 is 0 Å². The lowest BCUT2D eigenvalue weighted by Gasteiger charge is -2.07. The van der Waals surface area contributed by atoms with E-state index in [1.165, 1.54) is 0 Å². The molecule has 0 radical (unpaired) electrons. The second-order valence-corrected chi connectivity index (χ2v) is 6.47. The van der Waals surface area contributed by atoms with Crippen LogP contribution in [0, 0.1) is 13.8 Å². The van der Waals surface area contributed by atoms with Gasteiger partial charge in [-0.2, -0.15) is 20.2 Å². The molecule has 0 fully saturated rings. The molecule has 1 rings (SSSR count). The van der Waals surface area contributed by atoms with Gasteiger partial charge in [-0.3, -0.25) is 4.18 Å². The zero-order chi connectivity index (χ0) is 12.9. The normalized spacial score (nSPS) is 11.7. The molecule has 0 bridgehead atoms. The Hall–Kier alpha value is -0.520. The molecule has 0 aliphatic rings. The molecule has 1 aromatic rings. The van der Waals surface area contributed by atoms with Gasteiger partial charge in [-0.15, -0.1) is 0 Å². The van der Waals surface area contributed by atoms with Crippen LogP contribution in [0.1, 0.15) is 17.5 Å². The van der Waals surface area contributed by atoms with E-state index in [9.17, 15) is 8.42 Å². The third kappa shape index (κ3) is 4.33. The van der Waals surface area contributed by atoms with E-state index in [0.29, 0.717) is 0 Å². The predicted molar refractivity (Wildman–Crippen MR) is 72.1 cm³/mol. The van der Waals surface area contributed by atoms with E-state index < -0.39 is 10.1 Å². The molecule has 17 heavy (non-hydrogen) atoms. The summed E-state index contributed by atoms with van der Waals surface area (Å²) in [6.07, 6.45) is 2.73. The molecule has 0 unspecified atom stereocenters. The highest BCUT2D eigenvalue weighted by Gasteiger charge is 2.15. The maximum absolute atomic E-state index is 11.8. The fraction of sp³-hybridized carbons (Fsp3) is 0.500. The summed E-state index contributed by atoms with van der Waals surface area (Å²) in [5.74, 6) is 0.905. The van der Waals surface area contributed by atoms with Gasteiger partial charge in [0.25, 0.3) is 10.1 Å². The summed E-state index contributed by atoms with van der Waals surface area (Å²) in [5.41, 5.74) is 2.03. The minimum Gasteiger partial charge on any atom is -0.266 e. The smallest absolute Gasteiger partial charge is 0.266 e. The first kappa shape index (κ1) is 14.5. The van der Waals surface area contributed by atoms with Crippen molar-refractivity contribution in [3.63, 3.8) is 0 Å². The number of benzene rings is 1. The fourth-order valence-corrected chi connectivity index (χ4v) is 2.75. The van der Waals surface area contributed by atoms with Gasteiger partial charge in [0, 0.05) is 0 Å². The molecule has 0 saturated carbocycles. The summed E-state index contributed by atoms with van der Waals surface area (Å²) in [7, 11) is -3.59. The number of hydrogen-bond acceptors (Lipinski definition) is 4. The van der Waals surface area contributed by atoms with Gasteiger partial charge in [0.2, 0.25) is 0 Å². The van der Waals surface area contributed by atoms with E-state index in [1.807, 2.05) is 20.1 Å². The fourth-order valence-electron chi connectivity index (χ4n) is 1.31. The lowest BCUT2D eigenvalue weighted by Crippen LogP contribution is -2.08. The average molecular weight is 274 g/mol. The number of aryl methyl sites for hydroxylation is 2. The molecule has 0 aliphatic heterocycles. The van der Waals surface area contributed by atoms with Crippen LogP contribution < -0.4 is 0 Å². The highest BCUT2D eigenvalue weighted by Crippen LogP contribution is 2.17. The second-order valence-electron chi connectivity index (χ2n) is 3.87. The molecule has 0 N–H and O–H groups in total. The molecule has 1 aromatic carbocycles. The highest BCUT2D eigenvalue weighted by atomic mass is 32.2. The Morgan fingerprint density at radius 2 is 1.94 bits per heavy atom. The van der Waals surface area contributed by atoms with Crippen LogP contribution in [0.2, 0.25) is 0 Å². The van der Waals surface area contributed by atoms with Crippen molar-refractivity contribution >= 4 is 21.9 Å². The van der Waals surface area contributed by atoms with Crippen LogP contribution in [-0.2, 0) is 14.3 Å². The average Bonchev–Trinajstić information content (AvgIpc) is 2.28. The Kier molecular flexibility index (Phi) is 5.49. The van der Waals surface area contributed by atoms with Crippen molar-refractivity contribution in [3.05, 3.63) is 29.3 Å². The van der Waals surface area contributed by atoms with E-state index in [2.05, 4.69) is 0 Å². The first-order valence-corrected chi connectivity index (χ1v) is 8.23. The zero-order valence-corrected chi connectivity index (χ0v) is 12.0. The van der Waals surface area contributed by atoms with Gasteiger partial charge in [-0.05, 0) is 55.5 Å². The lowest BCUT2D eigenvalue weighted by atomic mass is 10.1. The van der Waals surface area contributed by atoms with Crippen molar-refractivity contribution in [2.24, 2.45) is 0 Å². The van der Waals surface area contributed by atoms with Crippen LogP contribution in [0.3, 0.4) is 0 Å². The zero-order valence-electron chi connectivity index (χ0n) is 10.4. The maximum Gasteiger partial charge on any atom is 0.296 e. The minimum atomic E-state index is -3.59. The first-order valence-electron chi connectivity index (χ1n) is 5.43. The van der Waals surface area contributed by atoms with Crippen LogP contribution >= 0.6 is 11.8 Å². The molecule has 96 valence electrons. The number of thioether (sulfide) groups is 1.